The van der Waals surface area contributed by atoms with Gasteiger partial charge in [-0.15, -0.1) is 0 Å². The average molecular weight is 257 g/mol. The van der Waals surface area contributed by atoms with Crippen molar-refractivity contribution >= 4 is 5.91 Å². The number of hydrogen-bond donors (Lipinski definition) is 0. The maximum Gasteiger partial charge on any atom is 0.222 e. The minimum Gasteiger partial charge on any atom is -0.341 e. The molecular formula is C15H19N3O. The molecule has 0 bridgehead atoms. The first kappa shape index (κ1) is 13.5. The summed E-state index contributed by atoms with van der Waals surface area (Å²) in [6, 6.07) is 6.20. The molecule has 0 N–H and O–H groups in total. The first-order valence-electron chi connectivity index (χ1n) is 6.71. The van der Waals surface area contributed by atoms with Gasteiger partial charge >= 0.3 is 0 Å². The predicted octanol–water partition coefficient (Wildman–Crippen LogP) is 2.17. The molecule has 1 aromatic rings. The summed E-state index contributed by atoms with van der Waals surface area (Å²) in [6.07, 6.45) is 6.54. The minimum absolute atomic E-state index is 0.144. The van der Waals surface area contributed by atoms with Gasteiger partial charge in [0.25, 0.3) is 0 Å². The molecule has 0 spiro atoms. The van der Waals surface area contributed by atoms with Crippen LogP contribution >= 0.6 is 0 Å². The number of carbonyl (C=O) groups is 1. The van der Waals surface area contributed by atoms with Crippen LogP contribution in [0.4, 0.5) is 0 Å². The van der Waals surface area contributed by atoms with Crippen LogP contribution in [0.2, 0.25) is 0 Å². The van der Waals surface area contributed by atoms with Crippen molar-refractivity contribution in [3.63, 3.8) is 0 Å². The van der Waals surface area contributed by atoms with Gasteiger partial charge in [0.15, 0.2) is 0 Å². The molecule has 19 heavy (non-hydrogen) atoms. The van der Waals surface area contributed by atoms with Crippen LogP contribution in [-0.4, -0.2) is 28.9 Å². The maximum atomic E-state index is 12.2. The smallest absolute Gasteiger partial charge is 0.222 e. The van der Waals surface area contributed by atoms with E-state index in [0.29, 0.717) is 19.4 Å². The third kappa shape index (κ3) is 3.54. The van der Waals surface area contributed by atoms with Crippen LogP contribution in [0.3, 0.4) is 0 Å². The van der Waals surface area contributed by atoms with Gasteiger partial charge in [-0.2, -0.15) is 5.26 Å². The SMILES string of the molecule is CC1(C#N)CCCN(C(=O)CCc2cccnc2)C1. The molecule has 4 nitrogen and oxygen atoms in total. The molecule has 4 heteroatoms. The van der Waals surface area contributed by atoms with Gasteiger partial charge < -0.3 is 4.90 Å². The molecule has 1 unspecified atom stereocenters. The zero-order valence-corrected chi connectivity index (χ0v) is 11.3. The standard InChI is InChI=1S/C15H19N3O/c1-15(11-16)7-3-9-18(12-15)14(19)6-5-13-4-2-8-17-10-13/h2,4,8,10H,3,5-7,9,12H2,1H3. The minimum atomic E-state index is -0.373. The molecule has 2 heterocycles. The number of likely N-dealkylation sites (tertiary alicyclic amines) is 1. The predicted molar refractivity (Wildman–Crippen MR) is 72.1 cm³/mol. The molecule has 0 saturated carbocycles. The molecule has 0 aromatic carbocycles. The van der Waals surface area contributed by atoms with Crippen LogP contribution in [0.1, 0.15) is 31.7 Å². The topological polar surface area (TPSA) is 57.0 Å². The Morgan fingerprint density at radius 1 is 1.63 bits per heavy atom. The molecule has 1 fully saturated rings. The fourth-order valence-electron chi connectivity index (χ4n) is 2.50. The summed E-state index contributed by atoms with van der Waals surface area (Å²) in [7, 11) is 0. The van der Waals surface area contributed by atoms with Crippen LogP contribution in [-0.2, 0) is 11.2 Å². The lowest BCUT2D eigenvalue weighted by Gasteiger charge is -2.36. The van der Waals surface area contributed by atoms with E-state index in [1.165, 1.54) is 0 Å². The first-order valence-corrected chi connectivity index (χ1v) is 6.71. The molecule has 100 valence electrons. The fraction of sp³-hybridized carbons (Fsp3) is 0.533. The Morgan fingerprint density at radius 2 is 2.47 bits per heavy atom. The van der Waals surface area contributed by atoms with Gasteiger partial charge in [-0.25, -0.2) is 0 Å². The summed E-state index contributed by atoms with van der Waals surface area (Å²) in [5, 5.41) is 9.16. The third-order valence-corrected chi connectivity index (χ3v) is 3.67. The Morgan fingerprint density at radius 3 is 3.16 bits per heavy atom. The highest BCUT2D eigenvalue weighted by molar-refractivity contribution is 5.76. The van der Waals surface area contributed by atoms with Crippen LogP contribution in [0.5, 0.6) is 0 Å². The summed E-state index contributed by atoms with van der Waals surface area (Å²) in [6.45, 7) is 3.28. The summed E-state index contributed by atoms with van der Waals surface area (Å²) in [5.41, 5.74) is 0.707. The summed E-state index contributed by atoms with van der Waals surface area (Å²) >= 11 is 0. The Kier molecular flexibility index (Phi) is 4.16. The van der Waals surface area contributed by atoms with Crippen molar-refractivity contribution in [3.8, 4) is 6.07 Å². The molecule has 1 amide bonds. The number of carbonyl (C=O) groups excluding carboxylic acids is 1. The van der Waals surface area contributed by atoms with Crippen molar-refractivity contribution in [2.75, 3.05) is 13.1 Å². The zero-order chi connectivity index (χ0) is 13.7. The van der Waals surface area contributed by atoms with Crippen molar-refractivity contribution in [1.29, 1.82) is 5.26 Å². The van der Waals surface area contributed by atoms with Crippen molar-refractivity contribution < 1.29 is 4.79 Å². The van der Waals surface area contributed by atoms with E-state index < -0.39 is 0 Å². The Bertz CT molecular complexity index is 480. The van der Waals surface area contributed by atoms with Crippen LogP contribution in [0, 0.1) is 16.7 Å². The van der Waals surface area contributed by atoms with Crippen LogP contribution < -0.4 is 0 Å². The van der Waals surface area contributed by atoms with Crippen molar-refractivity contribution in [2.45, 2.75) is 32.6 Å². The molecule has 1 aliphatic heterocycles. The largest absolute Gasteiger partial charge is 0.341 e. The summed E-state index contributed by atoms with van der Waals surface area (Å²) < 4.78 is 0. The number of rotatable bonds is 3. The van der Waals surface area contributed by atoms with Gasteiger partial charge in [-0.1, -0.05) is 6.07 Å². The highest BCUT2D eigenvalue weighted by Gasteiger charge is 2.32. The van der Waals surface area contributed by atoms with E-state index in [1.54, 1.807) is 12.4 Å². The van der Waals surface area contributed by atoms with Gasteiger partial charge in [0.1, 0.15) is 0 Å². The van der Waals surface area contributed by atoms with E-state index in [1.807, 2.05) is 24.0 Å². The number of piperidine rings is 1. The average Bonchev–Trinajstić information content (AvgIpc) is 2.46. The molecule has 1 atom stereocenters. The highest BCUT2D eigenvalue weighted by Crippen LogP contribution is 2.28. The number of pyridine rings is 1. The summed E-state index contributed by atoms with van der Waals surface area (Å²) in [5.74, 6) is 0.144. The van der Waals surface area contributed by atoms with Crippen molar-refractivity contribution in [3.05, 3.63) is 30.1 Å². The monoisotopic (exact) mass is 257 g/mol. The fourth-order valence-corrected chi connectivity index (χ4v) is 2.50. The Labute approximate surface area is 114 Å². The number of nitrogens with zero attached hydrogens (tertiary/aromatic N) is 3. The molecule has 1 aromatic heterocycles. The van der Waals surface area contributed by atoms with E-state index in [9.17, 15) is 4.79 Å². The third-order valence-electron chi connectivity index (χ3n) is 3.67. The molecule has 0 radical (unpaired) electrons. The van der Waals surface area contributed by atoms with Crippen LogP contribution in [0.25, 0.3) is 0 Å². The second-order valence-electron chi connectivity index (χ2n) is 5.45. The Balaban J connectivity index is 1.88. The number of hydrogen-bond acceptors (Lipinski definition) is 3. The highest BCUT2D eigenvalue weighted by atomic mass is 16.2. The number of aryl methyl sites for hydroxylation is 1. The quantitative estimate of drug-likeness (QED) is 0.833. The van der Waals surface area contributed by atoms with Crippen molar-refractivity contribution in [1.82, 2.24) is 9.88 Å². The van der Waals surface area contributed by atoms with E-state index in [-0.39, 0.29) is 11.3 Å². The van der Waals surface area contributed by atoms with Gasteiger partial charge in [0, 0.05) is 31.9 Å². The lowest BCUT2D eigenvalue weighted by Crippen LogP contribution is -2.44. The number of aromatic nitrogens is 1. The summed E-state index contributed by atoms with van der Waals surface area (Å²) in [4.78, 5) is 18.1. The molecule has 1 saturated heterocycles. The van der Waals surface area contributed by atoms with Crippen LogP contribution in [0.15, 0.2) is 24.5 Å². The van der Waals surface area contributed by atoms with Gasteiger partial charge in [0.05, 0.1) is 11.5 Å². The second-order valence-corrected chi connectivity index (χ2v) is 5.45. The molecule has 2 rings (SSSR count). The van der Waals surface area contributed by atoms with Gasteiger partial charge in [-0.3, -0.25) is 9.78 Å². The number of nitriles is 1. The molecular weight excluding hydrogens is 238 g/mol. The Hall–Kier alpha value is -1.89. The van der Waals surface area contributed by atoms with Crippen molar-refractivity contribution in [2.24, 2.45) is 5.41 Å². The van der Waals surface area contributed by atoms with E-state index in [4.69, 9.17) is 5.26 Å². The molecule has 0 aliphatic carbocycles. The van der Waals surface area contributed by atoms with E-state index >= 15 is 0 Å². The van der Waals surface area contributed by atoms with E-state index in [0.717, 1.165) is 24.9 Å². The molecule has 1 aliphatic rings. The second kappa shape index (κ2) is 5.83. The van der Waals surface area contributed by atoms with Gasteiger partial charge in [-0.05, 0) is 37.8 Å². The van der Waals surface area contributed by atoms with E-state index in [2.05, 4.69) is 11.1 Å². The van der Waals surface area contributed by atoms with Gasteiger partial charge in [0.2, 0.25) is 5.91 Å². The maximum absolute atomic E-state index is 12.2. The lowest BCUT2D eigenvalue weighted by molar-refractivity contribution is -0.133. The zero-order valence-electron chi connectivity index (χ0n) is 11.3. The lowest BCUT2D eigenvalue weighted by atomic mass is 9.83. The number of amides is 1. The first-order chi connectivity index (χ1) is 9.13. The normalized spacial score (nSPS) is 22.8.